The standard InChI is InChI=1S/C29H43N5O7/c1-4-5-13-21(26(36)31-16-9-12-20-10-7-6-8-11-20)32-18-25-33(22(27(32)37)14-15-24(30)35)28(38)23(17-19(2)3)41-34(25)29(39)40/h6-8,10-11,19,21-23,25H,4-5,9,12-18H2,1-3H3,(H2,30,35)(H,31,36)(H,39,40)/t21-,22-,23+,25?/m0/s1. The Balaban J connectivity index is 1.86. The Morgan fingerprint density at radius 2 is 1.83 bits per heavy atom. The monoisotopic (exact) mass is 573 g/mol. The van der Waals surface area contributed by atoms with Crippen LogP contribution < -0.4 is 11.1 Å². The fourth-order valence-electron chi connectivity index (χ4n) is 5.44. The highest BCUT2D eigenvalue weighted by Crippen LogP contribution is 2.32. The van der Waals surface area contributed by atoms with Crippen LogP contribution in [0.3, 0.4) is 0 Å². The van der Waals surface area contributed by atoms with Crippen molar-refractivity contribution in [1.82, 2.24) is 20.2 Å². The summed E-state index contributed by atoms with van der Waals surface area (Å²) in [7, 11) is 0. The molecule has 2 aliphatic heterocycles. The van der Waals surface area contributed by atoms with Crippen LogP contribution in [0.15, 0.2) is 30.3 Å². The number of carboxylic acid groups (broad SMARTS) is 1. The average Bonchev–Trinajstić information content (AvgIpc) is 2.92. The number of amides is 5. The highest BCUT2D eigenvalue weighted by Gasteiger charge is 2.54. The smallest absolute Gasteiger partial charge is 0.433 e. The number of carbonyl (C=O) groups excluding carboxylic acids is 4. The topological polar surface area (TPSA) is 163 Å². The van der Waals surface area contributed by atoms with Gasteiger partial charge >= 0.3 is 6.09 Å². The van der Waals surface area contributed by atoms with E-state index < -0.39 is 48.2 Å². The molecule has 1 unspecified atom stereocenters. The predicted molar refractivity (Wildman–Crippen MR) is 150 cm³/mol. The van der Waals surface area contributed by atoms with Gasteiger partial charge in [-0.2, -0.15) is 5.06 Å². The van der Waals surface area contributed by atoms with Crippen LogP contribution in [-0.2, 0) is 30.4 Å². The van der Waals surface area contributed by atoms with E-state index in [0.29, 0.717) is 30.9 Å². The molecule has 0 spiro atoms. The lowest BCUT2D eigenvalue weighted by Gasteiger charge is -2.53. The normalized spacial score (nSPS) is 21.6. The predicted octanol–water partition coefficient (Wildman–Crippen LogP) is 2.27. The number of nitrogens with one attached hydrogen (secondary N) is 1. The first-order valence-corrected chi connectivity index (χ1v) is 14.5. The van der Waals surface area contributed by atoms with Crippen LogP contribution in [0.25, 0.3) is 0 Å². The van der Waals surface area contributed by atoms with Gasteiger partial charge in [-0.05, 0) is 43.6 Å². The maximum absolute atomic E-state index is 14.0. The minimum absolute atomic E-state index is 0.0150. The van der Waals surface area contributed by atoms with E-state index in [1.165, 1.54) is 9.80 Å². The van der Waals surface area contributed by atoms with Crippen molar-refractivity contribution in [2.75, 3.05) is 13.1 Å². The molecule has 0 aliphatic carbocycles. The van der Waals surface area contributed by atoms with Gasteiger partial charge in [-0.1, -0.05) is 63.9 Å². The molecule has 2 aliphatic rings. The molecule has 2 fully saturated rings. The molecule has 226 valence electrons. The lowest BCUT2D eigenvalue weighted by Crippen LogP contribution is -2.75. The van der Waals surface area contributed by atoms with E-state index in [1.807, 2.05) is 51.1 Å². The largest absolute Gasteiger partial charge is 0.463 e. The van der Waals surface area contributed by atoms with Crippen molar-refractivity contribution >= 4 is 29.7 Å². The van der Waals surface area contributed by atoms with Crippen molar-refractivity contribution in [3.05, 3.63) is 35.9 Å². The molecule has 3 rings (SSSR count). The summed E-state index contributed by atoms with van der Waals surface area (Å²) < 4.78 is 0. The molecule has 1 aromatic carbocycles. The number of nitrogens with zero attached hydrogens (tertiary/aromatic N) is 3. The Bertz CT molecular complexity index is 1080. The van der Waals surface area contributed by atoms with E-state index in [-0.39, 0.29) is 37.6 Å². The van der Waals surface area contributed by atoms with E-state index in [4.69, 9.17) is 10.6 Å². The molecule has 0 bridgehead atoms. The molecular formula is C29H43N5O7. The van der Waals surface area contributed by atoms with Crippen molar-refractivity contribution in [1.29, 1.82) is 0 Å². The Morgan fingerprint density at radius 3 is 2.44 bits per heavy atom. The van der Waals surface area contributed by atoms with E-state index >= 15 is 0 Å². The molecule has 4 N–H and O–H groups in total. The highest BCUT2D eigenvalue weighted by atomic mass is 16.7. The van der Waals surface area contributed by atoms with E-state index in [0.717, 1.165) is 18.4 Å². The summed E-state index contributed by atoms with van der Waals surface area (Å²) in [6.07, 6.45) is -0.440. The zero-order valence-corrected chi connectivity index (χ0v) is 24.2. The second-order valence-corrected chi connectivity index (χ2v) is 11.1. The zero-order valence-electron chi connectivity index (χ0n) is 24.2. The summed E-state index contributed by atoms with van der Waals surface area (Å²) in [5.74, 6) is -2.00. The van der Waals surface area contributed by atoms with Crippen LogP contribution in [0, 0.1) is 5.92 Å². The van der Waals surface area contributed by atoms with Crippen LogP contribution in [0.2, 0.25) is 0 Å². The highest BCUT2D eigenvalue weighted by molar-refractivity contribution is 5.95. The van der Waals surface area contributed by atoms with Gasteiger partial charge in [0.05, 0.1) is 6.54 Å². The Labute approximate surface area is 241 Å². The number of rotatable bonds is 14. The maximum Gasteiger partial charge on any atom is 0.433 e. The summed E-state index contributed by atoms with van der Waals surface area (Å²) in [5, 5.41) is 13.7. The lowest BCUT2D eigenvalue weighted by molar-refractivity contribution is -0.268. The number of carbonyl (C=O) groups is 5. The minimum atomic E-state index is -1.42. The number of fused-ring (bicyclic) bond motifs is 1. The molecule has 2 heterocycles. The first kappa shape index (κ1) is 31.9. The summed E-state index contributed by atoms with van der Waals surface area (Å²) in [4.78, 5) is 73.2. The quantitative estimate of drug-likeness (QED) is 0.288. The van der Waals surface area contributed by atoms with Crippen LogP contribution in [0.1, 0.15) is 71.3 Å². The van der Waals surface area contributed by atoms with Gasteiger partial charge in [0.1, 0.15) is 12.1 Å². The third-order valence-corrected chi connectivity index (χ3v) is 7.46. The number of hydrogen-bond donors (Lipinski definition) is 3. The molecule has 1 aromatic rings. The van der Waals surface area contributed by atoms with Gasteiger partial charge in [-0.3, -0.25) is 24.0 Å². The number of unbranched alkanes of at least 4 members (excludes halogenated alkanes) is 1. The van der Waals surface area contributed by atoms with Crippen LogP contribution >= 0.6 is 0 Å². The average molecular weight is 574 g/mol. The maximum atomic E-state index is 14.0. The molecule has 0 saturated carbocycles. The van der Waals surface area contributed by atoms with Crippen LogP contribution in [0.5, 0.6) is 0 Å². The zero-order chi connectivity index (χ0) is 30.1. The number of hydroxylamine groups is 2. The van der Waals surface area contributed by atoms with Gasteiger partial charge in [0.25, 0.3) is 5.91 Å². The molecule has 12 nitrogen and oxygen atoms in total. The summed E-state index contributed by atoms with van der Waals surface area (Å²) in [6, 6.07) is 7.85. The molecule has 5 amide bonds. The summed E-state index contributed by atoms with van der Waals surface area (Å²) >= 11 is 0. The fraction of sp³-hybridized carbons (Fsp3) is 0.621. The number of primary amides is 1. The SMILES string of the molecule is CCCC[C@@H](C(=O)NCCCc1ccccc1)N1CC2N(C(=O)O)O[C@H](CC(C)C)C(=O)N2[C@@H](CCC(N)=O)C1=O. The third kappa shape index (κ3) is 8.18. The van der Waals surface area contributed by atoms with Crippen molar-refractivity contribution in [2.24, 2.45) is 11.7 Å². The number of hydrogen-bond acceptors (Lipinski definition) is 6. The van der Waals surface area contributed by atoms with E-state index in [9.17, 15) is 29.1 Å². The molecule has 12 heteroatoms. The van der Waals surface area contributed by atoms with Gasteiger partial charge in [0, 0.05) is 13.0 Å². The number of aryl methyl sites for hydroxylation is 1. The van der Waals surface area contributed by atoms with Crippen LogP contribution in [0.4, 0.5) is 4.79 Å². The second kappa shape index (κ2) is 14.8. The molecular weight excluding hydrogens is 530 g/mol. The summed E-state index contributed by atoms with van der Waals surface area (Å²) in [5.41, 5.74) is 6.54. The first-order valence-electron chi connectivity index (χ1n) is 14.5. The van der Waals surface area contributed by atoms with Gasteiger partial charge in [0.15, 0.2) is 12.3 Å². The molecule has 4 atom stereocenters. The summed E-state index contributed by atoms with van der Waals surface area (Å²) in [6.45, 7) is 5.89. The second-order valence-electron chi connectivity index (χ2n) is 11.1. The molecule has 0 aromatic heterocycles. The van der Waals surface area contributed by atoms with Crippen molar-refractivity contribution in [3.63, 3.8) is 0 Å². The van der Waals surface area contributed by atoms with Gasteiger partial charge < -0.3 is 26.0 Å². The molecule has 0 radical (unpaired) electrons. The van der Waals surface area contributed by atoms with Gasteiger partial charge in [-0.25, -0.2) is 4.79 Å². The first-order chi connectivity index (χ1) is 19.5. The Kier molecular flexibility index (Phi) is 11.5. The van der Waals surface area contributed by atoms with E-state index in [1.54, 1.807) is 0 Å². The number of nitrogens with two attached hydrogens (primary N) is 1. The minimum Gasteiger partial charge on any atom is -0.463 e. The Morgan fingerprint density at radius 1 is 1.12 bits per heavy atom. The van der Waals surface area contributed by atoms with Crippen molar-refractivity contribution in [3.8, 4) is 0 Å². The number of benzene rings is 1. The van der Waals surface area contributed by atoms with Gasteiger partial charge in [-0.15, -0.1) is 0 Å². The van der Waals surface area contributed by atoms with Crippen LogP contribution in [-0.4, -0.2) is 87.1 Å². The fourth-order valence-corrected chi connectivity index (χ4v) is 5.44. The number of piperazine rings is 1. The third-order valence-electron chi connectivity index (χ3n) is 7.46. The molecule has 2 saturated heterocycles. The lowest BCUT2D eigenvalue weighted by atomic mass is 9.96. The van der Waals surface area contributed by atoms with Gasteiger partial charge in [0.2, 0.25) is 17.7 Å². The molecule has 41 heavy (non-hydrogen) atoms. The van der Waals surface area contributed by atoms with Crippen molar-refractivity contribution in [2.45, 2.75) is 96.5 Å². The Hall–Kier alpha value is -3.67. The van der Waals surface area contributed by atoms with Crippen molar-refractivity contribution < 1.29 is 33.9 Å². The van der Waals surface area contributed by atoms with E-state index in [2.05, 4.69) is 5.32 Å².